The van der Waals surface area contributed by atoms with E-state index in [0.717, 1.165) is 8.47 Å². The molecular formula is C8H6INO2S. The Balaban J connectivity index is 2.78. The molecule has 5 heteroatoms. The zero-order valence-corrected chi connectivity index (χ0v) is 9.76. The molecular weight excluding hydrogens is 301 g/mol. The molecule has 1 atom stereocenters. The molecule has 1 aromatic heterocycles. The first-order valence-corrected chi connectivity index (χ1v) is 6.19. The Morgan fingerprint density at radius 3 is 3.00 bits per heavy atom. The van der Waals surface area contributed by atoms with Gasteiger partial charge >= 0.3 is 0 Å². The van der Waals surface area contributed by atoms with E-state index in [4.69, 9.17) is 4.42 Å². The lowest BCUT2D eigenvalue weighted by Gasteiger charge is -2.03. The Morgan fingerprint density at radius 2 is 2.31 bits per heavy atom. The Bertz CT molecular complexity index is 441. The van der Waals surface area contributed by atoms with Gasteiger partial charge in [0.25, 0.3) is 0 Å². The minimum absolute atomic E-state index is 0.702. The molecule has 0 N–H and O–H groups in total. The monoisotopic (exact) mass is 307 g/mol. The van der Waals surface area contributed by atoms with Crippen LogP contribution in [0.1, 0.15) is 0 Å². The Hall–Kier alpha value is -0.270. The second-order valence-electron chi connectivity index (χ2n) is 2.53. The Kier molecular flexibility index (Phi) is 2.48. The molecule has 3 nitrogen and oxygen atoms in total. The van der Waals surface area contributed by atoms with Gasteiger partial charge in [0, 0.05) is 0 Å². The van der Waals surface area contributed by atoms with E-state index in [9.17, 15) is 4.55 Å². The van der Waals surface area contributed by atoms with Gasteiger partial charge in [-0.1, -0.05) is 0 Å². The summed E-state index contributed by atoms with van der Waals surface area (Å²) in [5.74, 6) is 0. The van der Waals surface area contributed by atoms with E-state index in [1.165, 1.54) is 6.39 Å². The first kappa shape index (κ1) is 9.29. The van der Waals surface area contributed by atoms with Crippen LogP contribution in [-0.2, 0) is 11.2 Å². The number of halogens is 1. The van der Waals surface area contributed by atoms with Crippen molar-refractivity contribution in [1.82, 2.24) is 4.98 Å². The zero-order chi connectivity index (χ0) is 9.42. The predicted octanol–water partition coefficient (Wildman–Crippen LogP) is 2.17. The summed E-state index contributed by atoms with van der Waals surface area (Å²) in [5.41, 5.74) is 1.42. The molecule has 2 rings (SSSR count). The molecule has 1 unspecified atom stereocenters. The van der Waals surface area contributed by atoms with Crippen molar-refractivity contribution < 1.29 is 8.97 Å². The highest BCUT2D eigenvalue weighted by Gasteiger charge is 2.15. The van der Waals surface area contributed by atoms with Crippen LogP contribution in [-0.4, -0.2) is 15.8 Å². The van der Waals surface area contributed by atoms with Gasteiger partial charge in [0.05, 0.1) is 3.57 Å². The molecule has 13 heavy (non-hydrogen) atoms. The summed E-state index contributed by atoms with van der Waals surface area (Å²) in [6.07, 6.45) is 3.01. The summed E-state index contributed by atoms with van der Waals surface area (Å²) < 4.78 is 17.5. The van der Waals surface area contributed by atoms with Gasteiger partial charge < -0.3 is 8.97 Å². The fourth-order valence-corrected chi connectivity index (χ4v) is 2.37. The zero-order valence-electron chi connectivity index (χ0n) is 6.78. The number of oxazole rings is 1. The highest BCUT2D eigenvalue weighted by atomic mass is 127. The van der Waals surface area contributed by atoms with Crippen LogP contribution in [0.3, 0.4) is 0 Å². The third-order valence-corrected chi connectivity index (χ3v) is 3.51. The third kappa shape index (κ3) is 1.55. The summed E-state index contributed by atoms with van der Waals surface area (Å²) in [6, 6.07) is 3.70. The van der Waals surface area contributed by atoms with E-state index in [1.54, 1.807) is 6.26 Å². The normalized spacial score (nSPS) is 13.5. The van der Waals surface area contributed by atoms with Crippen LogP contribution in [0.15, 0.2) is 27.8 Å². The predicted molar refractivity (Wildman–Crippen MR) is 59.1 cm³/mol. The second kappa shape index (κ2) is 3.47. The largest absolute Gasteiger partial charge is 0.612 e. The van der Waals surface area contributed by atoms with Gasteiger partial charge in [0.2, 0.25) is 0 Å². The lowest BCUT2D eigenvalue weighted by atomic mass is 10.3. The Labute approximate surface area is 91.8 Å². The van der Waals surface area contributed by atoms with Gasteiger partial charge in [-0.15, -0.1) is 0 Å². The van der Waals surface area contributed by atoms with Crippen molar-refractivity contribution in [3.8, 4) is 0 Å². The van der Waals surface area contributed by atoms with Gasteiger partial charge in [-0.25, -0.2) is 4.98 Å². The average molecular weight is 307 g/mol. The van der Waals surface area contributed by atoms with E-state index in [1.807, 2.05) is 12.1 Å². The maximum absolute atomic E-state index is 11.3. The quantitative estimate of drug-likeness (QED) is 0.599. The average Bonchev–Trinajstić information content (AvgIpc) is 2.53. The van der Waals surface area contributed by atoms with Crippen molar-refractivity contribution in [2.45, 2.75) is 4.90 Å². The molecule has 0 aliphatic carbocycles. The van der Waals surface area contributed by atoms with E-state index in [-0.39, 0.29) is 0 Å². The van der Waals surface area contributed by atoms with Crippen LogP contribution in [0, 0.1) is 3.57 Å². The molecule has 0 radical (unpaired) electrons. The van der Waals surface area contributed by atoms with Gasteiger partial charge in [0.1, 0.15) is 6.26 Å². The topological polar surface area (TPSA) is 49.1 Å². The SMILES string of the molecule is C[S+]([O-])c1ccc(I)c2ocnc12. The van der Waals surface area contributed by atoms with Gasteiger partial charge in [-0.05, 0) is 45.9 Å². The number of fused-ring (bicyclic) bond motifs is 1. The fraction of sp³-hybridized carbons (Fsp3) is 0.125. The summed E-state index contributed by atoms with van der Waals surface area (Å²) >= 11 is 1.15. The highest BCUT2D eigenvalue weighted by molar-refractivity contribution is 14.1. The van der Waals surface area contributed by atoms with Crippen LogP contribution in [0.2, 0.25) is 0 Å². The minimum Gasteiger partial charge on any atom is -0.612 e. The molecule has 0 amide bonds. The maximum Gasteiger partial charge on any atom is 0.182 e. The van der Waals surface area contributed by atoms with Crippen LogP contribution < -0.4 is 0 Å². The first-order valence-electron chi connectivity index (χ1n) is 3.55. The summed E-state index contributed by atoms with van der Waals surface area (Å²) in [6.45, 7) is 0. The molecule has 0 bridgehead atoms. The van der Waals surface area contributed by atoms with E-state index < -0.39 is 11.2 Å². The maximum atomic E-state index is 11.3. The number of hydrogen-bond acceptors (Lipinski definition) is 3. The van der Waals surface area contributed by atoms with Crippen LogP contribution in [0.5, 0.6) is 0 Å². The number of benzene rings is 1. The van der Waals surface area contributed by atoms with E-state index in [0.29, 0.717) is 11.1 Å². The van der Waals surface area contributed by atoms with Crippen LogP contribution >= 0.6 is 22.6 Å². The van der Waals surface area contributed by atoms with Crippen LogP contribution in [0.25, 0.3) is 11.1 Å². The van der Waals surface area contributed by atoms with E-state index >= 15 is 0 Å². The number of rotatable bonds is 1. The van der Waals surface area contributed by atoms with Crippen molar-refractivity contribution >= 4 is 44.9 Å². The first-order chi connectivity index (χ1) is 6.20. The molecule has 0 spiro atoms. The number of aromatic nitrogens is 1. The van der Waals surface area contributed by atoms with Gasteiger partial charge in [-0.2, -0.15) is 0 Å². The lowest BCUT2D eigenvalue weighted by Crippen LogP contribution is -1.98. The number of hydrogen-bond donors (Lipinski definition) is 0. The molecule has 0 aliphatic heterocycles. The molecule has 0 saturated heterocycles. The lowest BCUT2D eigenvalue weighted by molar-refractivity contribution is 0.598. The smallest absolute Gasteiger partial charge is 0.182 e. The molecule has 2 aromatic rings. The van der Waals surface area contributed by atoms with Gasteiger partial charge in [0.15, 0.2) is 22.4 Å². The number of nitrogens with zero attached hydrogens (tertiary/aromatic N) is 1. The van der Waals surface area contributed by atoms with Crippen molar-refractivity contribution in [2.24, 2.45) is 0 Å². The van der Waals surface area contributed by atoms with Crippen molar-refractivity contribution in [2.75, 3.05) is 6.26 Å². The summed E-state index contributed by atoms with van der Waals surface area (Å²) in [5, 5.41) is 0. The molecule has 0 aliphatic rings. The molecule has 1 aromatic carbocycles. The molecule has 0 saturated carbocycles. The standard InChI is InChI=1S/C8H6INO2S/c1-13(11)6-3-2-5(9)8-7(6)10-4-12-8/h2-4H,1H3. The highest BCUT2D eigenvalue weighted by Crippen LogP contribution is 2.25. The Morgan fingerprint density at radius 1 is 1.54 bits per heavy atom. The molecule has 0 fully saturated rings. The van der Waals surface area contributed by atoms with E-state index in [2.05, 4.69) is 27.6 Å². The summed E-state index contributed by atoms with van der Waals surface area (Å²) in [7, 11) is 0. The second-order valence-corrected chi connectivity index (χ2v) is 5.04. The summed E-state index contributed by atoms with van der Waals surface area (Å²) in [4.78, 5) is 4.76. The third-order valence-electron chi connectivity index (χ3n) is 1.71. The molecule has 68 valence electrons. The van der Waals surface area contributed by atoms with Crippen LogP contribution in [0.4, 0.5) is 0 Å². The fourth-order valence-electron chi connectivity index (χ4n) is 1.13. The van der Waals surface area contributed by atoms with Gasteiger partial charge in [-0.3, -0.25) is 0 Å². The minimum atomic E-state index is -1.02. The van der Waals surface area contributed by atoms with Crippen molar-refractivity contribution in [1.29, 1.82) is 0 Å². The van der Waals surface area contributed by atoms with Crippen molar-refractivity contribution in [3.05, 3.63) is 22.1 Å². The van der Waals surface area contributed by atoms with Crippen molar-refractivity contribution in [3.63, 3.8) is 0 Å². The molecule has 1 heterocycles.